The Morgan fingerprint density at radius 3 is 1.62 bits per heavy atom. The van der Waals surface area contributed by atoms with Gasteiger partial charge in [0, 0.05) is 0 Å². The molecular formula is C54H96O6. The second-order valence-electron chi connectivity index (χ2n) is 25.2. The average molecular weight is 841 g/mol. The van der Waals surface area contributed by atoms with Crippen LogP contribution in [0.2, 0.25) is 0 Å². The molecule has 8 aliphatic rings. The van der Waals surface area contributed by atoms with Crippen molar-refractivity contribution in [3.8, 4) is 0 Å². The van der Waals surface area contributed by atoms with E-state index >= 15 is 0 Å². The summed E-state index contributed by atoms with van der Waals surface area (Å²) in [6.07, 6.45) is 26.3. The number of ether oxygens (including phenoxy) is 2. The van der Waals surface area contributed by atoms with Crippen LogP contribution >= 0.6 is 0 Å². The fourth-order valence-corrected chi connectivity index (χ4v) is 14.9. The lowest BCUT2D eigenvalue weighted by Gasteiger charge is -2.60. The van der Waals surface area contributed by atoms with Crippen molar-refractivity contribution in [2.45, 2.75) is 235 Å². The molecule has 0 heterocycles. The molecule has 0 amide bonds. The van der Waals surface area contributed by atoms with Crippen molar-refractivity contribution >= 4 is 0 Å². The maximum atomic E-state index is 9.66. The van der Waals surface area contributed by atoms with Crippen LogP contribution in [0.25, 0.3) is 0 Å². The van der Waals surface area contributed by atoms with E-state index in [4.69, 9.17) is 19.7 Å². The summed E-state index contributed by atoms with van der Waals surface area (Å²) in [6.45, 7) is 32.1. The minimum atomic E-state index is -0.560. The molecule has 60 heavy (non-hydrogen) atoms. The third-order valence-electron chi connectivity index (χ3n) is 18.3. The molecule has 0 saturated heterocycles. The van der Waals surface area contributed by atoms with E-state index in [1.54, 1.807) is 5.57 Å². The number of hydrogen-bond acceptors (Lipinski definition) is 6. The van der Waals surface area contributed by atoms with Gasteiger partial charge in [-0.1, -0.05) is 92.0 Å². The summed E-state index contributed by atoms with van der Waals surface area (Å²) < 4.78 is 12.9. The molecule has 0 aromatic rings. The molecule has 4 bridgehead atoms. The summed E-state index contributed by atoms with van der Waals surface area (Å²) in [6, 6.07) is 0. The average Bonchev–Trinajstić information content (AvgIpc) is 3.22. The predicted octanol–water partition coefficient (Wildman–Crippen LogP) is 12.4. The zero-order chi connectivity index (χ0) is 44.5. The van der Waals surface area contributed by atoms with Gasteiger partial charge in [-0.15, -0.1) is 0 Å². The van der Waals surface area contributed by atoms with E-state index in [-0.39, 0.29) is 36.6 Å². The van der Waals surface area contributed by atoms with Gasteiger partial charge < -0.3 is 29.9 Å². The molecule has 0 aromatic carbocycles. The lowest BCUT2D eigenvalue weighted by Crippen LogP contribution is -2.58. The molecule has 6 nitrogen and oxygen atoms in total. The molecule has 7 saturated carbocycles. The summed E-state index contributed by atoms with van der Waals surface area (Å²) in [5, 5.41) is 35.1. The Labute approximate surface area is 369 Å². The quantitative estimate of drug-likeness (QED) is 0.191. The van der Waals surface area contributed by atoms with Crippen LogP contribution in [0, 0.1) is 62.6 Å². The van der Waals surface area contributed by atoms with Crippen LogP contribution < -0.4 is 0 Å². The first-order valence-corrected chi connectivity index (χ1v) is 25.1. The highest BCUT2D eigenvalue weighted by Crippen LogP contribution is 2.67. The number of aliphatic hydroxyl groups excluding tert-OH is 4. The van der Waals surface area contributed by atoms with Gasteiger partial charge in [0.05, 0.1) is 49.3 Å². The highest BCUT2D eigenvalue weighted by molar-refractivity contribution is 5.17. The first kappa shape index (κ1) is 50.2. The number of aliphatic hydroxyl groups is 4. The number of allylic oxidation sites excluding steroid dienone is 3. The van der Waals surface area contributed by atoms with Gasteiger partial charge in [-0.25, -0.2) is 0 Å². The third-order valence-corrected chi connectivity index (χ3v) is 18.3. The monoisotopic (exact) mass is 841 g/mol. The maximum absolute atomic E-state index is 9.66. The SMILES string of the molecule is C=C1CC/C=C(\C)CCC2C1CC2(C)C.CC(CO)OC12CCCC(C)(CCC3C1CC3(C)C)C2.CC(O)CO.CC(O)COC12CCCC(C)(CCC3C1CC3(C)C)C2. The molecule has 348 valence electrons. The number of hydrogen-bond donors (Lipinski definition) is 4. The highest BCUT2D eigenvalue weighted by atomic mass is 16.5. The molecule has 13 atom stereocenters. The van der Waals surface area contributed by atoms with E-state index < -0.39 is 6.10 Å². The maximum Gasteiger partial charge on any atom is 0.0785 e. The Kier molecular flexibility index (Phi) is 16.2. The molecule has 13 unspecified atom stereocenters. The minimum absolute atomic E-state index is 0.0141. The van der Waals surface area contributed by atoms with Crippen molar-refractivity contribution in [2.24, 2.45) is 62.6 Å². The molecule has 8 rings (SSSR count). The molecule has 8 aliphatic carbocycles. The van der Waals surface area contributed by atoms with Crippen molar-refractivity contribution in [1.29, 1.82) is 0 Å². The summed E-state index contributed by atoms with van der Waals surface area (Å²) in [5.74, 6) is 4.85. The van der Waals surface area contributed by atoms with Gasteiger partial charge in [0.1, 0.15) is 0 Å². The van der Waals surface area contributed by atoms with Gasteiger partial charge in [-0.3, -0.25) is 0 Å². The molecule has 0 spiro atoms. The van der Waals surface area contributed by atoms with Crippen LogP contribution in [-0.2, 0) is 9.47 Å². The zero-order valence-corrected chi connectivity index (χ0v) is 41.1. The third kappa shape index (κ3) is 11.4. The number of fused-ring (bicyclic) bond motifs is 9. The van der Waals surface area contributed by atoms with E-state index in [1.807, 2.05) is 13.8 Å². The second kappa shape index (κ2) is 19.4. The van der Waals surface area contributed by atoms with E-state index in [9.17, 15) is 10.2 Å². The van der Waals surface area contributed by atoms with Crippen molar-refractivity contribution in [1.82, 2.24) is 0 Å². The Bertz CT molecular complexity index is 1440. The molecule has 0 aliphatic heterocycles. The van der Waals surface area contributed by atoms with Crippen molar-refractivity contribution in [3.05, 3.63) is 23.8 Å². The normalized spacial score (nSPS) is 42.9. The standard InChI is InChI=1S/2C18H32O2.C15H24.C3H8O2/c1-13(19)11-20-18-8-5-7-17(4,12-18)9-6-14-15(18)10-16(14,2)3;1-13(11-19)20-18-8-5-7-17(4,12-18)9-6-14-15(18)10-16(14,2)3;1-11-6-5-7-12(2)13-10-15(3,4)14(13)9-8-11;1-3(5)2-4/h2*13-15,19H,5-12H2,1-4H3;6,13-14H,2,5,7-10H2,1,3-4H3;3-5H,2H2,1H3/b;;11-6+;. The summed E-state index contributed by atoms with van der Waals surface area (Å²) >= 11 is 0. The van der Waals surface area contributed by atoms with E-state index in [2.05, 4.69) is 75.0 Å². The first-order chi connectivity index (χ1) is 27.8. The summed E-state index contributed by atoms with van der Waals surface area (Å²) in [4.78, 5) is 0. The minimum Gasteiger partial charge on any atom is -0.394 e. The fourth-order valence-electron chi connectivity index (χ4n) is 14.9. The van der Waals surface area contributed by atoms with Gasteiger partial charge in [0.25, 0.3) is 0 Å². The van der Waals surface area contributed by atoms with Gasteiger partial charge in [0.2, 0.25) is 0 Å². The van der Waals surface area contributed by atoms with Gasteiger partial charge in [-0.2, -0.15) is 0 Å². The molecular weight excluding hydrogens is 745 g/mol. The van der Waals surface area contributed by atoms with Crippen LogP contribution in [0.4, 0.5) is 0 Å². The lowest BCUT2D eigenvalue weighted by atomic mass is 9.49. The first-order valence-electron chi connectivity index (χ1n) is 25.1. The fraction of sp³-hybridized carbons (Fsp3) is 0.926. The van der Waals surface area contributed by atoms with Gasteiger partial charge in [0.15, 0.2) is 0 Å². The topological polar surface area (TPSA) is 99.4 Å². The van der Waals surface area contributed by atoms with Crippen molar-refractivity contribution in [2.75, 3.05) is 19.8 Å². The molecule has 0 radical (unpaired) electrons. The molecule has 6 heteroatoms. The predicted molar refractivity (Wildman–Crippen MR) is 249 cm³/mol. The second-order valence-corrected chi connectivity index (χ2v) is 25.2. The van der Waals surface area contributed by atoms with Crippen molar-refractivity contribution in [3.63, 3.8) is 0 Å². The Morgan fingerprint density at radius 2 is 1.13 bits per heavy atom. The van der Waals surface area contributed by atoms with E-state index in [1.165, 1.54) is 134 Å². The van der Waals surface area contributed by atoms with Crippen LogP contribution in [0.15, 0.2) is 23.8 Å². The smallest absolute Gasteiger partial charge is 0.0785 e. The number of rotatable bonds is 7. The van der Waals surface area contributed by atoms with Gasteiger partial charge >= 0.3 is 0 Å². The summed E-state index contributed by atoms with van der Waals surface area (Å²) in [5.41, 5.74) is 5.75. The van der Waals surface area contributed by atoms with Crippen LogP contribution in [0.1, 0.15) is 205 Å². The molecule has 4 N–H and O–H groups in total. The Hall–Kier alpha value is -0.760. The lowest BCUT2D eigenvalue weighted by molar-refractivity contribution is -0.215. The van der Waals surface area contributed by atoms with E-state index in [0.717, 1.165) is 35.5 Å². The zero-order valence-electron chi connectivity index (χ0n) is 41.1. The van der Waals surface area contributed by atoms with Crippen LogP contribution in [0.5, 0.6) is 0 Å². The Balaban J connectivity index is 0.000000163. The molecule has 7 fully saturated rings. The van der Waals surface area contributed by atoms with Crippen LogP contribution in [-0.4, -0.2) is 69.8 Å². The largest absolute Gasteiger partial charge is 0.394 e. The molecule has 0 aromatic heterocycles. The van der Waals surface area contributed by atoms with Crippen molar-refractivity contribution < 1.29 is 29.9 Å². The van der Waals surface area contributed by atoms with Gasteiger partial charge in [-0.05, 0) is 199 Å². The summed E-state index contributed by atoms with van der Waals surface area (Å²) in [7, 11) is 0. The van der Waals surface area contributed by atoms with Crippen LogP contribution in [0.3, 0.4) is 0 Å². The Morgan fingerprint density at radius 1 is 0.633 bits per heavy atom. The highest BCUT2D eigenvalue weighted by Gasteiger charge is 2.63. The van der Waals surface area contributed by atoms with E-state index in [0.29, 0.717) is 33.7 Å².